The molecular formula is H8Ca2Fe2Mg2O3. The summed E-state index contributed by atoms with van der Waals surface area (Å²) in [6.45, 7) is 0. The summed E-state index contributed by atoms with van der Waals surface area (Å²) in [6, 6.07) is 0. The minimum Gasteiger partial charge on any atom is -2.00 e. The summed E-state index contributed by atoms with van der Waals surface area (Å²) < 4.78 is 0. The summed E-state index contributed by atoms with van der Waals surface area (Å²) in [4.78, 5) is 0. The molecule has 0 bridgehead atoms. The van der Waals surface area contributed by atoms with Crippen molar-refractivity contribution in [2.75, 3.05) is 0 Å². The monoisotopic (exact) mass is 296 g/mol. The maximum absolute atomic E-state index is 0. The molecule has 0 unspecified atom stereocenters. The average Bonchev–Trinajstić information content (AvgIpc) is 0. The minimum absolute atomic E-state index is 0. The van der Waals surface area contributed by atoms with Crippen LogP contribution >= 0.6 is 0 Å². The van der Waals surface area contributed by atoms with E-state index in [2.05, 4.69) is 0 Å². The van der Waals surface area contributed by atoms with E-state index in [-0.39, 0.29) is 172 Å². The fourth-order valence-electron chi connectivity index (χ4n) is 0. The second-order valence-corrected chi connectivity index (χ2v) is 0. The first-order valence-electron chi connectivity index (χ1n) is 0. The molecule has 0 aliphatic rings. The summed E-state index contributed by atoms with van der Waals surface area (Å²) in [5.74, 6) is 0. The summed E-state index contributed by atoms with van der Waals surface area (Å²) in [5, 5.41) is 0. The maximum Gasteiger partial charge on any atom is 3.00 e. The molecule has 9 heavy (non-hydrogen) atoms. The molecule has 0 atom stereocenters. The molecule has 0 N–H and O–H groups in total. The van der Waals surface area contributed by atoms with E-state index >= 15 is 0 Å². The number of hydrogen-bond acceptors (Lipinski definition) is 0. The molecule has 2 radical (unpaired) electrons. The Morgan fingerprint density at radius 2 is 0.444 bits per heavy atom. The van der Waals surface area contributed by atoms with Crippen LogP contribution in [0.15, 0.2) is 0 Å². The van der Waals surface area contributed by atoms with Crippen molar-refractivity contribution >= 4 is 122 Å². The summed E-state index contributed by atoms with van der Waals surface area (Å²) in [5.41, 5.74) is 0. The van der Waals surface area contributed by atoms with Crippen molar-refractivity contribution in [1.29, 1.82) is 0 Å². The zero-order valence-electron chi connectivity index (χ0n) is 1.93. The van der Waals surface area contributed by atoms with E-state index in [1.807, 2.05) is 0 Å². The fourth-order valence-corrected chi connectivity index (χ4v) is 0. The second-order valence-electron chi connectivity index (χ2n) is 0. The molecule has 9 heteroatoms. The molecule has 0 aliphatic carbocycles. The van der Waals surface area contributed by atoms with Gasteiger partial charge in [0.25, 0.3) is 0 Å². The first kappa shape index (κ1) is 95.1. The average molecular weight is 297 g/mol. The van der Waals surface area contributed by atoms with E-state index in [9.17, 15) is 0 Å². The van der Waals surface area contributed by atoms with Crippen LogP contribution in [-0.2, 0) is 50.6 Å². The van der Waals surface area contributed by atoms with Crippen LogP contribution in [0.4, 0.5) is 0 Å². The quantitative estimate of drug-likeness (QED) is 0.408. The third kappa shape index (κ3) is 63.2. The van der Waals surface area contributed by atoms with E-state index in [4.69, 9.17) is 0 Å². The molecule has 0 aliphatic heterocycles. The Morgan fingerprint density at radius 3 is 0.444 bits per heavy atom. The predicted molar refractivity (Wildman–Crippen MR) is 36.2 cm³/mol. The van der Waals surface area contributed by atoms with Crippen LogP contribution in [0.3, 0.4) is 0 Å². The molecule has 0 amide bonds. The van der Waals surface area contributed by atoms with E-state index < -0.39 is 0 Å². The van der Waals surface area contributed by atoms with Crippen molar-refractivity contribution in [3.8, 4) is 0 Å². The van der Waals surface area contributed by atoms with Gasteiger partial charge in [0.2, 0.25) is 0 Å². The maximum atomic E-state index is 0. The molecule has 0 saturated carbocycles. The Balaban J connectivity index is 0. The van der Waals surface area contributed by atoms with Crippen molar-refractivity contribution in [3.05, 3.63) is 0 Å². The van der Waals surface area contributed by atoms with Crippen molar-refractivity contribution in [2.45, 2.75) is 0 Å². The summed E-state index contributed by atoms with van der Waals surface area (Å²) >= 11 is 0. The largest absolute Gasteiger partial charge is 3.00 e. The van der Waals surface area contributed by atoms with Gasteiger partial charge in [0.1, 0.15) is 0 Å². The van der Waals surface area contributed by atoms with Gasteiger partial charge in [0.05, 0.1) is 0 Å². The van der Waals surface area contributed by atoms with Crippen LogP contribution in [0.25, 0.3) is 0 Å². The Kier molecular flexibility index (Phi) is 795. The van der Waals surface area contributed by atoms with E-state index in [0.717, 1.165) is 0 Å². The predicted octanol–water partition coefficient (Wildman–Crippen LogP) is -4.03. The van der Waals surface area contributed by atoms with E-state index in [1.165, 1.54) is 0 Å². The zero-order chi connectivity index (χ0) is 0. The van der Waals surface area contributed by atoms with Gasteiger partial charge in [-0.25, -0.2) is 0 Å². The molecule has 0 fully saturated rings. The third-order valence-corrected chi connectivity index (χ3v) is 0. The smallest absolute Gasteiger partial charge is 2.00 e. The summed E-state index contributed by atoms with van der Waals surface area (Å²) in [7, 11) is 0. The molecule has 3 nitrogen and oxygen atoms in total. The van der Waals surface area contributed by atoms with Crippen molar-refractivity contribution < 1.29 is 50.6 Å². The van der Waals surface area contributed by atoms with Gasteiger partial charge in [-0.05, 0) is 0 Å². The second kappa shape index (κ2) is 75.2. The van der Waals surface area contributed by atoms with Crippen LogP contribution in [0.2, 0.25) is 0 Å². The van der Waals surface area contributed by atoms with Gasteiger partial charge in [0.15, 0.2) is 0 Å². The Hall–Kier alpha value is 4.97. The van der Waals surface area contributed by atoms with Crippen molar-refractivity contribution in [3.63, 3.8) is 0 Å². The first-order chi connectivity index (χ1) is 0. The molecule has 0 rings (SSSR count). The molecule has 50 valence electrons. The molecule has 0 aromatic rings. The molecule has 0 aromatic heterocycles. The molecule has 0 spiro atoms. The Labute approximate surface area is 168 Å². The van der Waals surface area contributed by atoms with Gasteiger partial charge >= 0.3 is 156 Å². The molecule has 0 heterocycles. The van der Waals surface area contributed by atoms with Gasteiger partial charge in [-0.15, -0.1) is 0 Å². The van der Waals surface area contributed by atoms with Crippen molar-refractivity contribution in [1.82, 2.24) is 0 Å². The van der Waals surface area contributed by atoms with E-state index in [1.54, 1.807) is 0 Å². The topological polar surface area (TPSA) is 85.5 Å². The standard InChI is InChI=1S/2Ca.2Fe.2Mg.3O.8H/q;;2*+3;;;3*-2;;;;;;;;. The fraction of sp³-hybridized carbons (Fsp3) is 0. The number of rotatable bonds is 0. The van der Waals surface area contributed by atoms with E-state index in [0.29, 0.717) is 0 Å². The van der Waals surface area contributed by atoms with Gasteiger partial charge < -0.3 is 16.4 Å². The van der Waals surface area contributed by atoms with Gasteiger partial charge in [-0.3, -0.25) is 0 Å². The molecule has 0 aromatic carbocycles. The molecular weight excluding hydrogens is 288 g/mol. The molecule has 0 saturated heterocycles. The Morgan fingerprint density at radius 1 is 0.444 bits per heavy atom. The third-order valence-electron chi connectivity index (χ3n) is 0. The van der Waals surface area contributed by atoms with Crippen LogP contribution in [0, 0.1) is 0 Å². The zero-order valence-corrected chi connectivity index (χ0v) is 4.14. The van der Waals surface area contributed by atoms with Gasteiger partial charge in [0, 0.05) is 0 Å². The SMILES string of the molecule is [CaH2].[CaH2].[Fe+3].[Fe+3].[MgH2].[MgH2].[O-2].[O-2].[O-2]. The van der Waals surface area contributed by atoms with Crippen LogP contribution in [-0.4, -0.2) is 122 Å². The van der Waals surface area contributed by atoms with Crippen LogP contribution in [0.1, 0.15) is 0 Å². The van der Waals surface area contributed by atoms with Gasteiger partial charge in [-0.2, -0.15) is 0 Å². The Bertz CT molecular complexity index is 17.8. The minimum atomic E-state index is 0. The first-order valence-corrected chi connectivity index (χ1v) is 0. The van der Waals surface area contributed by atoms with Crippen molar-refractivity contribution in [2.24, 2.45) is 0 Å². The normalized spacial score (nSPS) is 0. The summed E-state index contributed by atoms with van der Waals surface area (Å²) in [6.07, 6.45) is 0. The van der Waals surface area contributed by atoms with Crippen LogP contribution < -0.4 is 0 Å². The van der Waals surface area contributed by atoms with Gasteiger partial charge in [-0.1, -0.05) is 0 Å². The number of hydrogen-bond donors (Lipinski definition) is 0. The van der Waals surface area contributed by atoms with Crippen LogP contribution in [0.5, 0.6) is 0 Å².